The second kappa shape index (κ2) is 5.14. The fraction of sp³-hybridized carbons (Fsp3) is 0.333. The van der Waals surface area contributed by atoms with Gasteiger partial charge in [0.05, 0.1) is 0 Å². The van der Waals surface area contributed by atoms with Crippen LogP contribution < -0.4 is 9.31 Å². The normalized spacial score (nSPS) is 11.7. The molecule has 0 atom stereocenters. The van der Waals surface area contributed by atoms with Crippen LogP contribution in [-0.2, 0) is 6.54 Å². The van der Waals surface area contributed by atoms with Gasteiger partial charge >= 0.3 is 96.4 Å². The molecule has 4 heteroatoms. The quantitative estimate of drug-likeness (QED) is 0.758. The predicted octanol–water partition coefficient (Wildman–Crippen LogP) is 2.60. The van der Waals surface area contributed by atoms with Crippen LogP contribution in [-0.4, -0.2) is 13.9 Å². The Morgan fingerprint density at radius 2 is 1.92 bits per heavy atom. The third kappa shape index (κ3) is 2.94. The van der Waals surface area contributed by atoms with Crippen molar-refractivity contribution in [2.24, 2.45) is 5.73 Å². The topological polar surface area (TPSA) is 26.0 Å². The molecule has 0 unspecified atom stereocenters. The summed E-state index contributed by atoms with van der Waals surface area (Å²) in [5, 5.41) is 0. The molecule has 0 aliphatic heterocycles. The first-order chi connectivity index (χ1) is 6.11. The van der Waals surface area contributed by atoms with Crippen molar-refractivity contribution in [1.82, 2.24) is 0 Å². The zero-order chi connectivity index (χ0) is 9.90. The van der Waals surface area contributed by atoms with Crippen molar-refractivity contribution in [1.29, 1.82) is 0 Å². The summed E-state index contributed by atoms with van der Waals surface area (Å²) in [4.78, 5) is 0. The molecule has 1 aromatic rings. The van der Waals surface area contributed by atoms with E-state index in [-0.39, 0.29) is 0 Å². The average molecular weight is 414 g/mol. The van der Waals surface area contributed by atoms with E-state index < -0.39 is 13.9 Å². The van der Waals surface area contributed by atoms with Gasteiger partial charge in [-0.3, -0.25) is 0 Å². The summed E-state index contributed by atoms with van der Waals surface area (Å²) in [6, 6.07) is 8.42. The summed E-state index contributed by atoms with van der Waals surface area (Å²) < 4.78 is 2.62. The van der Waals surface area contributed by atoms with E-state index in [0.29, 0.717) is 6.54 Å². The van der Waals surface area contributed by atoms with Crippen LogP contribution in [0, 0.1) is 0 Å². The van der Waals surface area contributed by atoms with Crippen LogP contribution in [0.5, 0.6) is 0 Å². The molecule has 1 aromatic carbocycles. The first-order valence-corrected chi connectivity index (χ1v) is 20.5. The maximum atomic E-state index is 5.69. The average Bonchev–Trinajstić information content (AvgIpc) is 2.18. The second-order valence-corrected chi connectivity index (χ2v) is 35.8. The second-order valence-electron chi connectivity index (χ2n) is 2.92. The van der Waals surface area contributed by atoms with Crippen molar-refractivity contribution in [3.8, 4) is 0 Å². The molecule has 13 heavy (non-hydrogen) atoms. The predicted molar refractivity (Wildman–Crippen MR) is 68.1 cm³/mol. The molecule has 0 heterocycles. The van der Waals surface area contributed by atoms with Crippen molar-refractivity contribution < 1.29 is 0 Å². The van der Waals surface area contributed by atoms with Gasteiger partial charge in [-0.1, -0.05) is 0 Å². The molecule has 72 valence electrons. The molecule has 0 spiro atoms. The summed E-state index contributed by atoms with van der Waals surface area (Å²) in [5.41, 5.74) is 6.97. The third-order valence-corrected chi connectivity index (χ3v) is 21.5. The Labute approximate surface area is 95.5 Å². The number of benzene rings is 1. The summed E-state index contributed by atoms with van der Waals surface area (Å²) >= 11 is 5.39. The van der Waals surface area contributed by atoms with Gasteiger partial charge in [0.1, 0.15) is 0 Å². The van der Waals surface area contributed by atoms with Crippen molar-refractivity contribution in [2.45, 2.75) is 17.9 Å². The molecular weight excluding hydrogens is 401 g/mol. The summed E-state index contributed by atoms with van der Waals surface area (Å²) in [5.74, 6) is 0. The molecule has 0 radical (unpaired) electrons. The molecule has 0 amide bonds. The van der Waals surface area contributed by atoms with Crippen LogP contribution in [0.4, 0.5) is 0 Å². The van der Waals surface area contributed by atoms with Crippen LogP contribution in [0.25, 0.3) is 0 Å². The SMILES string of the molecule is C[CH2][Sn]([Br])([Br])[c]1ccccc1CN. The van der Waals surface area contributed by atoms with Crippen molar-refractivity contribution in [3.05, 3.63) is 29.8 Å². The summed E-state index contributed by atoms with van der Waals surface area (Å²) in [6.07, 6.45) is 0. The van der Waals surface area contributed by atoms with Gasteiger partial charge in [-0.2, -0.15) is 0 Å². The summed E-state index contributed by atoms with van der Waals surface area (Å²) in [7, 11) is 0. The third-order valence-electron chi connectivity index (χ3n) is 2.08. The monoisotopic (exact) mass is 413 g/mol. The molecule has 0 aliphatic rings. The van der Waals surface area contributed by atoms with Gasteiger partial charge in [-0.25, -0.2) is 0 Å². The fourth-order valence-electron chi connectivity index (χ4n) is 1.25. The van der Waals surface area contributed by atoms with Gasteiger partial charge < -0.3 is 0 Å². The maximum absolute atomic E-state index is 5.69. The number of hydrogen-bond donors (Lipinski definition) is 1. The Morgan fingerprint density at radius 3 is 2.46 bits per heavy atom. The molecule has 0 bridgehead atoms. The Morgan fingerprint density at radius 1 is 1.31 bits per heavy atom. The van der Waals surface area contributed by atoms with Crippen LogP contribution in [0.2, 0.25) is 4.44 Å². The Bertz CT molecular complexity index is 289. The molecule has 1 nitrogen and oxygen atoms in total. The number of halogens is 2. The van der Waals surface area contributed by atoms with E-state index in [4.69, 9.17) is 5.73 Å². The first kappa shape index (κ1) is 12.0. The van der Waals surface area contributed by atoms with Gasteiger partial charge in [-0.15, -0.1) is 0 Å². The molecule has 1 rings (SSSR count). The first-order valence-electron chi connectivity index (χ1n) is 4.28. The molecule has 0 saturated carbocycles. The Balaban J connectivity index is 3.12. The van der Waals surface area contributed by atoms with E-state index >= 15 is 0 Å². The van der Waals surface area contributed by atoms with Crippen molar-refractivity contribution >= 4 is 42.9 Å². The number of rotatable bonds is 3. The van der Waals surface area contributed by atoms with Gasteiger partial charge in [0, 0.05) is 0 Å². The van der Waals surface area contributed by atoms with E-state index in [0.717, 1.165) is 0 Å². The van der Waals surface area contributed by atoms with Crippen LogP contribution in [0.15, 0.2) is 24.3 Å². The minimum absolute atomic E-state index is 0.631. The number of hydrogen-bond acceptors (Lipinski definition) is 1. The van der Waals surface area contributed by atoms with Gasteiger partial charge in [0.25, 0.3) is 0 Å². The zero-order valence-electron chi connectivity index (χ0n) is 7.56. The number of nitrogens with two attached hydrogens (primary N) is 1. The van der Waals surface area contributed by atoms with Crippen LogP contribution in [0.3, 0.4) is 0 Å². The van der Waals surface area contributed by atoms with E-state index in [2.05, 4.69) is 50.5 Å². The van der Waals surface area contributed by atoms with Gasteiger partial charge in [0.15, 0.2) is 0 Å². The van der Waals surface area contributed by atoms with Crippen molar-refractivity contribution in [3.63, 3.8) is 0 Å². The zero-order valence-corrected chi connectivity index (χ0v) is 13.6. The van der Waals surface area contributed by atoms with E-state index in [9.17, 15) is 0 Å². The molecular formula is C9H13Br2NSn. The standard InChI is InChI=1S/C7H8N.C2H5.2BrH.Sn/c8-6-7-4-2-1-3-5-7;1-2;;;/h1-4H,6,8H2;1H2,2H3;2*1H;/q;;;;+2/p-2. The van der Waals surface area contributed by atoms with Gasteiger partial charge in [0.2, 0.25) is 0 Å². The van der Waals surface area contributed by atoms with E-state index in [1.807, 2.05) is 6.07 Å². The van der Waals surface area contributed by atoms with E-state index in [1.165, 1.54) is 13.6 Å². The Kier molecular flexibility index (Phi) is 4.75. The van der Waals surface area contributed by atoms with Gasteiger partial charge in [-0.05, 0) is 0 Å². The fourth-order valence-corrected chi connectivity index (χ4v) is 10.4. The van der Waals surface area contributed by atoms with E-state index in [1.54, 1.807) is 0 Å². The molecule has 0 fully saturated rings. The summed E-state index contributed by atoms with van der Waals surface area (Å²) in [6.45, 7) is 2.85. The molecule has 0 saturated heterocycles. The molecule has 0 aromatic heterocycles. The molecule has 2 N–H and O–H groups in total. The van der Waals surface area contributed by atoms with Crippen molar-refractivity contribution in [2.75, 3.05) is 0 Å². The molecule has 0 aliphatic carbocycles. The van der Waals surface area contributed by atoms with Crippen LogP contribution >= 0.6 is 25.4 Å². The Hall–Kier alpha value is 0.939. The van der Waals surface area contributed by atoms with Crippen LogP contribution in [0.1, 0.15) is 12.5 Å². The minimum atomic E-state index is -2.31.